The molecule has 2 heterocycles. The van der Waals surface area contributed by atoms with E-state index in [0.29, 0.717) is 6.04 Å². The van der Waals surface area contributed by atoms with Crippen molar-refractivity contribution in [3.05, 3.63) is 21.6 Å². The van der Waals surface area contributed by atoms with Crippen LogP contribution in [0.3, 0.4) is 0 Å². The Morgan fingerprint density at radius 3 is 3.06 bits per heavy atom. The van der Waals surface area contributed by atoms with E-state index in [1.165, 1.54) is 4.68 Å². The van der Waals surface area contributed by atoms with Gasteiger partial charge in [-0.25, -0.2) is 4.68 Å². The predicted octanol–water partition coefficient (Wildman–Crippen LogP) is 0.232. The summed E-state index contributed by atoms with van der Waals surface area (Å²) in [6, 6.07) is 0.397. The summed E-state index contributed by atoms with van der Waals surface area (Å²) < 4.78 is 1.25. The zero-order valence-electron chi connectivity index (χ0n) is 9.40. The van der Waals surface area contributed by atoms with Gasteiger partial charge < -0.3 is 10.2 Å². The largest absolute Gasteiger partial charge is 0.366 e. The molecule has 0 amide bonds. The van der Waals surface area contributed by atoms with Crippen LogP contribution in [-0.4, -0.2) is 35.5 Å². The number of nitrogens with zero attached hydrogens (tertiary/aromatic N) is 3. The van der Waals surface area contributed by atoms with Gasteiger partial charge in [0.25, 0.3) is 5.56 Å². The summed E-state index contributed by atoms with van der Waals surface area (Å²) in [5.41, 5.74) is 0.489. The number of piperazine rings is 1. The van der Waals surface area contributed by atoms with Crippen LogP contribution in [0.15, 0.2) is 11.0 Å². The maximum atomic E-state index is 11.6. The third kappa shape index (κ3) is 2.05. The van der Waals surface area contributed by atoms with E-state index in [-0.39, 0.29) is 10.6 Å². The number of rotatable bonds is 1. The molecule has 0 saturated carbocycles. The zero-order chi connectivity index (χ0) is 11.7. The highest BCUT2D eigenvalue weighted by Crippen LogP contribution is 2.21. The Kier molecular flexibility index (Phi) is 3.16. The second-order valence-corrected chi connectivity index (χ2v) is 4.45. The molecule has 2 rings (SSSR count). The zero-order valence-corrected chi connectivity index (χ0v) is 10.2. The Bertz CT molecular complexity index is 445. The average molecular weight is 243 g/mol. The van der Waals surface area contributed by atoms with Gasteiger partial charge in [-0.05, 0) is 6.92 Å². The van der Waals surface area contributed by atoms with Gasteiger partial charge in [0.1, 0.15) is 5.02 Å². The summed E-state index contributed by atoms with van der Waals surface area (Å²) in [4.78, 5) is 13.7. The van der Waals surface area contributed by atoms with Crippen LogP contribution in [0.4, 0.5) is 5.69 Å². The molecule has 0 radical (unpaired) electrons. The topological polar surface area (TPSA) is 50.2 Å². The van der Waals surface area contributed by atoms with Crippen molar-refractivity contribution in [3.8, 4) is 0 Å². The first kappa shape index (κ1) is 11.4. The highest BCUT2D eigenvalue weighted by atomic mass is 35.5. The van der Waals surface area contributed by atoms with E-state index in [2.05, 4.69) is 22.2 Å². The lowest BCUT2D eigenvalue weighted by Crippen LogP contribution is -2.49. The molecule has 0 aliphatic carbocycles. The first-order valence-electron chi connectivity index (χ1n) is 5.29. The van der Waals surface area contributed by atoms with Crippen LogP contribution >= 0.6 is 11.6 Å². The van der Waals surface area contributed by atoms with E-state index in [0.717, 1.165) is 25.3 Å². The van der Waals surface area contributed by atoms with Crippen molar-refractivity contribution in [1.82, 2.24) is 15.1 Å². The van der Waals surface area contributed by atoms with Crippen LogP contribution in [0, 0.1) is 0 Å². The Balaban J connectivity index is 2.33. The minimum atomic E-state index is -0.245. The molecule has 1 aromatic rings. The molecular weight excluding hydrogens is 228 g/mol. The van der Waals surface area contributed by atoms with Gasteiger partial charge in [-0.15, -0.1) is 0 Å². The van der Waals surface area contributed by atoms with Gasteiger partial charge >= 0.3 is 0 Å². The maximum Gasteiger partial charge on any atom is 0.287 e. The van der Waals surface area contributed by atoms with Crippen LogP contribution < -0.4 is 15.8 Å². The van der Waals surface area contributed by atoms with Gasteiger partial charge in [0.15, 0.2) is 0 Å². The van der Waals surface area contributed by atoms with E-state index >= 15 is 0 Å². The molecule has 88 valence electrons. The van der Waals surface area contributed by atoms with E-state index in [1.807, 2.05) is 0 Å². The van der Waals surface area contributed by atoms with E-state index in [1.54, 1.807) is 13.2 Å². The summed E-state index contributed by atoms with van der Waals surface area (Å²) in [5.74, 6) is 0. The lowest BCUT2D eigenvalue weighted by molar-refractivity contribution is 0.483. The Morgan fingerprint density at radius 2 is 2.38 bits per heavy atom. The summed E-state index contributed by atoms with van der Waals surface area (Å²) >= 11 is 6.04. The Labute approximate surface area is 99.0 Å². The third-order valence-corrected chi connectivity index (χ3v) is 3.12. The fraction of sp³-hybridized carbons (Fsp3) is 0.600. The molecule has 0 aromatic carbocycles. The standard InChI is InChI=1S/C10H15ClN4O/c1-7-6-15(4-3-12-7)8-5-13-14(2)10(16)9(8)11/h5,7,12H,3-4,6H2,1-2H3/t7-/m1/s1. The minimum Gasteiger partial charge on any atom is -0.366 e. The normalized spacial score (nSPS) is 21.2. The fourth-order valence-corrected chi connectivity index (χ4v) is 2.16. The van der Waals surface area contributed by atoms with Crippen molar-refractivity contribution in [2.75, 3.05) is 24.5 Å². The molecule has 0 spiro atoms. The van der Waals surface area contributed by atoms with Gasteiger partial charge in [0.05, 0.1) is 11.9 Å². The van der Waals surface area contributed by atoms with Gasteiger partial charge in [-0.3, -0.25) is 4.79 Å². The van der Waals surface area contributed by atoms with Crippen molar-refractivity contribution >= 4 is 17.3 Å². The van der Waals surface area contributed by atoms with Crippen molar-refractivity contribution < 1.29 is 0 Å². The number of aromatic nitrogens is 2. The summed E-state index contributed by atoms with van der Waals surface area (Å²) in [5, 5.41) is 7.59. The molecule has 1 atom stereocenters. The first-order valence-corrected chi connectivity index (χ1v) is 5.67. The van der Waals surface area contributed by atoms with Crippen LogP contribution in [0.2, 0.25) is 5.02 Å². The first-order chi connectivity index (χ1) is 7.59. The SMILES string of the molecule is C[C@@H]1CN(c2cnn(C)c(=O)c2Cl)CCN1. The third-order valence-electron chi connectivity index (χ3n) is 2.77. The Morgan fingerprint density at radius 1 is 1.62 bits per heavy atom. The number of anilines is 1. The molecule has 0 unspecified atom stereocenters. The van der Waals surface area contributed by atoms with Crippen LogP contribution in [0.5, 0.6) is 0 Å². The molecule has 1 aliphatic rings. The smallest absolute Gasteiger partial charge is 0.287 e. The number of nitrogens with one attached hydrogen (secondary N) is 1. The van der Waals surface area contributed by atoms with Gasteiger partial charge in [0, 0.05) is 32.7 Å². The summed E-state index contributed by atoms with van der Waals surface area (Å²) in [7, 11) is 1.60. The molecule has 1 saturated heterocycles. The van der Waals surface area contributed by atoms with Gasteiger partial charge in [-0.2, -0.15) is 5.10 Å². The van der Waals surface area contributed by atoms with Crippen molar-refractivity contribution in [2.24, 2.45) is 7.05 Å². The number of aryl methyl sites for hydroxylation is 1. The molecule has 5 nitrogen and oxygen atoms in total. The van der Waals surface area contributed by atoms with Crippen LogP contribution in [0.1, 0.15) is 6.92 Å². The van der Waals surface area contributed by atoms with Crippen molar-refractivity contribution in [3.63, 3.8) is 0 Å². The highest BCUT2D eigenvalue weighted by molar-refractivity contribution is 6.33. The van der Waals surface area contributed by atoms with Gasteiger partial charge in [0.2, 0.25) is 0 Å². The number of halogens is 1. The molecule has 16 heavy (non-hydrogen) atoms. The summed E-state index contributed by atoms with van der Waals surface area (Å²) in [6.45, 7) is 4.69. The van der Waals surface area contributed by atoms with Gasteiger partial charge in [-0.1, -0.05) is 11.6 Å². The highest BCUT2D eigenvalue weighted by Gasteiger charge is 2.19. The predicted molar refractivity (Wildman–Crippen MR) is 64.2 cm³/mol. The second kappa shape index (κ2) is 4.43. The second-order valence-electron chi connectivity index (χ2n) is 4.07. The number of hydrogen-bond acceptors (Lipinski definition) is 4. The Hall–Kier alpha value is -1.07. The lowest BCUT2D eigenvalue weighted by Gasteiger charge is -2.33. The molecule has 1 fully saturated rings. The van der Waals surface area contributed by atoms with Crippen molar-refractivity contribution in [2.45, 2.75) is 13.0 Å². The quantitative estimate of drug-likeness (QED) is 0.766. The fourth-order valence-electron chi connectivity index (χ4n) is 1.87. The monoisotopic (exact) mass is 242 g/mol. The van der Waals surface area contributed by atoms with Crippen molar-refractivity contribution in [1.29, 1.82) is 0 Å². The maximum absolute atomic E-state index is 11.6. The molecule has 1 aromatic heterocycles. The minimum absolute atomic E-state index is 0.245. The van der Waals surface area contributed by atoms with Crippen LogP contribution in [0.25, 0.3) is 0 Å². The molecule has 1 N–H and O–H groups in total. The number of hydrogen-bond donors (Lipinski definition) is 1. The molecule has 0 bridgehead atoms. The van der Waals surface area contributed by atoms with E-state index < -0.39 is 0 Å². The summed E-state index contributed by atoms with van der Waals surface area (Å²) in [6.07, 6.45) is 1.65. The van der Waals surface area contributed by atoms with E-state index in [9.17, 15) is 4.79 Å². The van der Waals surface area contributed by atoms with E-state index in [4.69, 9.17) is 11.6 Å². The molecule has 1 aliphatic heterocycles. The molecular formula is C10H15ClN4O. The molecule has 6 heteroatoms. The lowest BCUT2D eigenvalue weighted by atomic mass is 10.2. The van der Waals surface area contributed by atoms with Crippen LogP contribution in [-0.2, 0) is 7.05 Å². The average Bonchev–Trinajstić information content (AvgIpc) is 2.26.